The van der Waals surface area contributed by atoms with Crippen molar-refractivity contribution < 1.29 is 19.1 Å². The van der Waals surface area contributed by atoms with Gasteiger partial charge >= 0.3 is 0 Å². The number of hydrogen-bond donors (Lipinski definition) is 2. The Hall–Kier alpha value is -2.38. The van der Waals surface area contributed by atoms with Gasteiger partial charge in [-0.2, -0.15) is 0 Å². The first-order valence-corrected chi connectivity index (χ1v) is 9.11. The third kappa shape index (κ3) is 3.89. The minimum absolute atomic E-state index is 0.157. The lowest BCUT2D eigenvalue weighted by molar-refractivity contribution is 0.0869. The number of fused-ring (bicyclic) bond motifs is 1. The lowest BCUT2D eigenvalue weighted by Crippen LogP contribution is -2.46. The molecular formula is C19H22N2O4S. The number of ether oxygens (including phenoxy) is 1. The van der Waals surface area contributed by atoms with Crippen molar-refractivity contribution in [2.45, 2.75) is 39.8 Å². The Bertz CT molecular complexity index is 942. The summed E-state index contributed by atoms with van der Waals surface area (Å²) in [6, 6.07) is 5.42. The molecule has 0 saturated heterocycles. The van der Waals surface area contributed by atoms with E-state index in [2.05, 4.69) is 10.3 Å². The third-order valence-corrected chi connectivity index (χ3v) is 4.85. The Balaban J connectivity index is 1.87. The summed E-state index contributed by atoms with van der Waals surface area (Å²) in [6.45, 7) is 7.49. The Morgan fingerprint density at radius 3 is 2.81 bits per heavy atom. The maximum absolute atomic E-state index is 12.7. The predicted molar refractivity (Wildman–Crippen MR) is 101 cm³/mol. The number of benzene rings is 1. The van der Waals surface area contributed by atoms with Crippen LogP contribution in [0.2, 0.25) is 0 Å². The Kier molecular flexibility index (Phi) is 5.02. The summed E-state index contributed by atoms with van der Waals surface area (Å²) in [7, 11) is 0. The number of carbonyl (C=O) groups is 1. The van der Waals surface area contributed by atoms with E-state index in [1.54, 1.807) is 50.4 Å². The van der Waals surface area contributed by atoms with Crippen LogP contribution in [-0.4, -0.2) is 28.1 Å². The van der Waals surface area contributed by atoms with Crippen LogP contribution < -0.4 is 10.1 Å². The summed E-state index contributed by atoms with van der Waals surface area (Å²) < 4.78 is 11.5. The Labute approximate surface area is 155 Å². The molecule has 0 saturated carbocycles. The zero-order chi connectivity index (χ0) is 18.9. The monoisotopic (exact) mass is 374 g/mol. The topological polar surface area (TPSA) is 84.6 Å². The molecule has 0 aliphatic heterocycles. The molecule has 0 aliphatic carbocycles. The van der Waals surface area contributed by atoms with Gasteiger partial charge in [0.1, 0.15) is 23.7 Å². The number of nitrogens with one attached hydrogen (secondary N) is 1. The summed E-state index contributed by atoms with van der Waals surface area (Å²) in [4.78, 5) is 17.9. The van der Waals surface area contributed by atoms with Crippen molar-refractivity contribution in [3.8, 4) is 5.75 Å². The fourth-order valence-electron chi connectivity index (χ4n) is 2.61. The second kappa shape index (κ2) is 7.09. The van der Waals surface area contributed by atoms with Gasteiger partial charge < -0.3 is 19.6 Å². The summed E-state index contributed by atoms with van der Waals surface area (Å²) >= 11 is 1.59. The molecule has 138 valence electrons. The van der Waals surface area contributed by atoms with Crippen molar-refractivity contribution in [1.29, 1.82) is 0 Å². The summed E-state index contributed by atoms with van der Waals surface area (Å²) in [5.41, 5.74) is 0.363. The molecule has 0 aliphatic rings. The molecule has 26 heavy (non-hydrogen) atoms. The SMILES string of the molecule is Cc1ncc(COc2ccc3oc(C)c(C(=O)NC(C)(C)CO)c3c2)s1. The van der Waals surface area contributed by atoms with E-state index in [0.29, 0.717) is 34.6 Å². The van der Waals surface area contributed by atoms with Crippen LogP contribution in [0.15, 0.2) is 28.8 Å². The molecule has 0 fully saturated rings. The summed E-state index contributed by atoms with van der Waals surface area (Å²) in [5.74, 6) is 0.900. The molecular weight excluding hydrogens is 352 g/mol. The highest BCUT2D eigenvalue weighted by molar-refractivity contribution is 7.11. The molecule has 1 aromatic carbocycles. The smallest absolute Gasteiger partial charge is 0.255 e. The van der Waals surface area contributed by atoms with E-state index in [-0.39, 0.29) is 12.5 Å². The number of aliphatic hydroxyl groups excluding tert-OH is 1. The summed E-state index contributed by atoms with van der Waals surface area (Å²) in [6.07, 6.45) is 1.80. The molecule has 7 heteroatoms. The predicted octanol–water partition coefficient (Wildman–Crippen LogP) is 3.59. The van der Waals surface area contributed by atoms with Crippen LogP contribution in [0.3, 0.4) is 0 Å². The van der Waals surface area contributed by atoms with Crippen molar-refractivity contribution in [2.75, 3.05) is 6.61 Å². The van der Waals surface area contributed by atoms with Crippen molar-refractivity contribution in [3.63, 3.8) is 0 Å². The van der Waals surface area contributed by atoms with Gasteiger partial charge in [-0.15, -0.1) is 11.3 Å². The molecule has 1 amide bonds. The average Bonchev–Trinajstić information content (AvgIpc) is 3.14. The van der Waals surface area contributed by atoms with Gasteiger partial charge in [0.25, 0.3) is 5.91 Å². The van der Waals surface area contributed by atoms with Gasteiger partial charge in [0.05, 0.1) is 27.6 Å². The average molecular weight is 374 g/mol. The molecule has 0 bridgehead atoms. The number of aryl methyl sites for hydroxylation is 2. The van der Waals surface area contributed by atoms with Gasteiger partial charge in [-0.1, -0.05) is 0 Å². The second-order valence-electron chi connectivity index (χ2n) is 6.82. The highest BCUT2D eigenvalue weighted by atomic mass is 32.1. The number of thiazole rings is 1. The van der Waals surface area contributed by atoms with Crippen LogP contribution in [0.1, 0.15) is 39.9 Å². The van der Waals surface area contributed by atoms with Crippen LogP contribution in [0, 0.1) is 13.8 Å². The first-order valence-electron chi connectivity index (χ1n) is 8.30. The molecule has 2 N–H and O–H groups in total. The van der Waals surface area contributed by atoms with Crippen LogP contribution >= 0.6 is 11.3 Å². The van der Waals surface area contributed by atoms with Gasteiger partial charge in [0, 0.05) is 11.6 Å². The van der Waals surface area contributed by atoms with Gasteiger partial charge in [-0.05, 0) is 45.9 Å². The van der Waals surface area contributed by atoms with Crippen LogP contribution in [-0.2, 0) is 6.61 Å². The number of carbonyl (C=O) groups excluding carboxylic acids is 1. The van der Waals surface area contributed by atoms with E-state index in [9.17, 15) is 9.90 Å². The number of amides is 1. The van der Waals surface area contributed by atoms with E-state index in [0.717, 1.165) is 9.88 Å². The molecule has 3 aromatic rings. The van der Waals surface area contributed by atoms with Gasteiger partial charge in [-0.3, -0.25) is 4.79 Å². The number of furan rings is 1. The van der Waals surface area contributed by atoms with Gasteiger partial charge in [0.2, 0.25) is 0 Å². The minimum Gasteiger partial charge on any atom is -0.488 e. The highest BCUT2D eigenvalue weighted by Crippen LogP contribution is 2.30. The fourth-order valence-corrected chi connectivity index (χ4v) is 3.32. The third-order valence-electron chi connectivity index (χ3n) is 3.96. The zero-order valence-electron chi connectivity index (χ0n) is 15.3. The molecule has 0 atom stereocenters. The Morgan fingerprint density at radius 2 is 2.15 bits per heavy atom. The molecule has 6 nitrogen and oxygen atoms in total. The quantitative estimate of drug-likeness (QED) is 0.689. The normalized spacial score (nSPS) is 11.7. The van der Waals surface area contributed by atoms with Gasteiger partial charge in [-0.25, -0.2) is 4.98 Å². The Morgan fingerprint density at radius 1 is 1.38 bits per heavy atom. The molecule has 2 heterocycles. The van der Waals surface area contributed by atoms with Gasteiger partial charge in [0.15, 0.2) is 0 Å². The van der Waals surface area contributed by atoms with E-state index in [1.807, 2.05) is 13.0 Å². The fraction of sp³-hybridized carbons (Fsp3) is 0.368. The summed E-state index contributed by atoms with van der Waals surface area (Å²) in [5, 5.41) is 13.9. The van der Waals surface area contributed by atoms with Crippen molar-refractivity contribution in [1.82, 2.24) is 10.3 Å². The highest BCUT2D eigenvalue weighted by Gasteiger charge is 2.25. The van der Waals surface area contributed by atoms with E-state index in [4.69, 9.17) is 9.15 Å². The maximum atomic E-state index is 12.7. The molecule has 3 rings (SSSR count). The number of aliphatic hydroxyl groups is 1. The first kappa shape index (κ1) is 18.4. The zero-order valence-corrected chi connectivity index (χ0v) is 16.1. The van der Waals surface area contributed by atoms with Crippen molar-refractivity contribution in [2.24, 2.45) is 0 Å². The minimum atomic E-state index is -0.717. The number of aromatic nitrogens is 1. The van der Waals surface area contributed by atoms with Crippen LogP contribution in [0.25, 0.3) is 11.0 Å². The molecule has 0 spiro atoms. The molecule has 0 unspecified atom stereocenters. The number of nitrogens with zero attached hydrogens (tertiary/aromatic N) is 1. The van der Waals surface area contributed by atoms with E-state index >= 15 is 0 Å². The molecule has 2 aromatic heterocycles. The lowest BCUT2D eigenvalue weighted by atomic mass is 10.0. The first-order chi connectivity index (χ1) is 12.3. The molecule has 0 radical (unpaired) electrons. The lowest BCUT2D eigenvalue weighted by Gasteiger charge is -2.23. The number of hydrogen-bond acceptors (Lipinski definition) is 6. The van der Waals surface area contributed by atoms with Crippen LogP contribution in [0.5, 0.6) is 5.75 Å². The van der Waals surface area contributed by atoms with Crippen molar-refractivity contribution >= 4 is 28.2 Å². The van der Waals surface area contributed by atoms with Crippen LogP contribution in [0.4, 0.5) is 0 Å². The number of rotatable bonds is 6. The maximum Gasteiger partial charge on any atom is 0.255 e. The van der Waals surface area contributed by atoms with E-state index < -0.39 is 5.54 Å². The van der Waals surface area contributed by atoms with E-state index in [1.165, 1.54) is 0 Å². The largest absolute Gasteiger partial charge is 0.488 e. The standard InChI is InChI=1S/C19H22N2O4S/c1-11-17(18(23)21-19(3,4)10-22)15-7-13(5-6-16(15)25-11)24-9-14-8-20-12(2)26-14/h5-8,22H,9-10H2,1-4H3,(H,21,23). The van der Waals surface area contributed by atoms with Crippen molar-refractivity contribution in [3.05, 3.63) is 45.6 Å². The second-order valence-corrected chi connectivity index (χ2v) is 8.14.